The summed E-state index contributed by atoms with van der Waals surface area (Å²) < 4.78 is 17.4. The van der Waals surface area contributed by atoms with Crippen molar-refractivity contribution in [3.8, 4) is 17.1 Å². The van der Waals surface area contributed by atoms with Gasteiger partial charge in [0.2, 0.25) is 11.8 Å². The summed E-state index contributed by atoms with van der Waals surface area (Å²) in [5.41, 5.74) is 2.55. The van der Waals surface area contributed by atoms with E-state index in [1.807, 2.05) is 35.2 Å². The lowest BCUT2D eigenvalue weighted by molar-refractivity contribution is -0.151. The van der Waals surface area contributed by atoms with Gasteiger partial charge in [-0.1, -0.05) is 35.5 Å². The van der Waals surface area contributed by atoms with Crippen molar-refractivity contribution in [2.45, 2.75) is 50.2 Å². The van der Waals surface area contributed by atoms with Crippen LogP contribution in [0.25, 0.3) is 11.3 Å². The number of aryl methyl sites for hydroxylation is 1. The number of piperidine rings is 1. The Morgan fingerprint density at radius 1 is 1.18 bits per heavy atom. The highest BCUT2D eigenvalue weighted by Gasteiger charge is 2.42. The summed E-state index contributed by atoms with van der Waals surface area (Å²) in [6, 6.07) is 9.91. The first kappa shape index (κ1) is 21.6. The number of aromatic nitrogens is 3. The standard InChI is InChI=1S/C25H28N4O4/c30-23(7-6-20-18-32-28-24(20)19-4-2-1-3-5-19)29-13-9-25(10-14-29)16-21(8-15-31-25)33-22-17-26-11-12-27-22/h1-5,11-12,17-18,21H,6-10,13-16H2. The molecule has 5 rings (SSSR count). The molecule has 0 aliphatic carbocycles. The molecular formula is C25H28N4O4. The van der Waals surface area contributed by atoms with Gasteiger partial charge in [-0.25, -0.2) is 4.98 Å². The Hall–Kier alpha value is -3.26. The number of hydrogen-bond donors (Lipinski definition) is 0. The number of hydrogen-bond acceptors (Lipinski definition) is 7. The van der Waals surface area contributed by atoms with Crippen molar-refractivity contribution in [3.63, 3.8) is 0 Å². The Morgan fingerprint density at radius 3 is 2.82 bits per heavy atom. The normalized spacial score (nSPS) is 20.0. The molecule has 0 radical (unpaired) electrons. The molecule has 0 saturated carbocycles. The molecular weight excluding hydrogens is 420 g/mol. The Kier molecular flexibility index (Phi) is 6.35. The van der Waals surface area contributed by atoms with E-state index in [1.54, 1.807) is 24.9 Å². The number of ether oxygens (including phenoxy) is 2. The Morgan fingerprint density at radius 2 is 2.03 bits per heavy atom. The number of nitrogens with zero attached hydrogens (tertiary/aromatic N) is 4. The van der Waals surface area contributed by atoms with Crippen molar-refractivity contribution >= 4 is 5.91 Å². The van der Waals surface area contributed by atoms with Crippen LogP contribution in [-0.2, 0) is 16.0 Å². The molecule has 1 aromatic carbocycles. The van der Waals surface area contributed by atoms with Crippen molar-refractivity contribution in [2.75, 3.05) is 19.7 Å². The zero-order chi connectivity index (χ0) is 22.5. The van der Waals surface area contributed by atoms with Crippen LogP contribution in [0.2, 0.25) is 0 Å². The van der Waals surface area contributed by atoms with Gasteiger partial charge >= 0.3 is 0 Å². The fourth-order valence-electron chi connectivity index (χ4n) is 4.78. The van der Waals surface area contributed by atoms with E-state index < -0.39 is 0 Å². The minimum atomic E-state index is -0.225. The quantitative estimate of drug-likeness (QED) is 0.568. The molecule has 3 aromatic rings. The van der Waals surface area contributed by atoms with Crippen molar-refractivity contribution in [1.82, 2.24) is 20.0 Å². The summed E-state index contributed by atoms with van der Waals surface area (Å²) >= 11 is 0. The van der Waals surface area contributed by atoms with E-state index in [9.17, 15) is 4.79 Å². The zero-order valence-electron chi connectivity index (χ0n) is 18.6. The topological polar surface area (TPSA) is 90.6 Å². The van der Waals surface area contributed by atoms with Gasteiger partial charge in [0.15, 0.2) is 0 Å². The van der Waals surface area contributed by atoms with Gasteiger partial charge in [-0.15, -0.1) is 0 Å². The molecule has 172 valence electrons. The fraction of sp³-hybridized carbons (Fsp3) is 0.440. The van der Waals surface area contributed by atoms with Crippen LogP contribution in [0.4, 0.5) is 0 Å². The summed E-state index contributed by atoms with van der Waals surface area (Å²) in [5, 5.41) is 4.13. The number of benzene rings is 1. The molecule has 1 unspecified atom stereocenters. The first-order valence-corrected chi connectivity index (χ1v) is 11.5. The summed E-state index contributed by atoms with van der Waals surface area (Å²) in [7, 11) is 0. The first-order chi connectivity index (χ1) is 16.2. The molecule has 8 heteroatoms. The maximum atomic E-state index is 12.9. The van der Waals surface area contributed by atoms with E-state index in [0.717, 1.165) is 42.5 Å². The number of rotatable bonds is 6. The van der Waals surface area contributed by atoms with E-state index in [0.29, 0.717) is 38.4 Å². The van der Waals surface area contributed by atoms with Crippen molar-refractivity contribution in [1.29, 1.82) is 0 Å². The second-order valence-electron chi connectivity index (χ2n) is 8.74. The number of carbonyl (C=O) groups excluding carboxylic acids is 1. The minimum Gasteiger partial charge on any atom is -0.473 e. The molecule has 2 aliphatic heterocycles. The van der Waals surface area contributed by atoms with Crippen LogP contribution in [-0.4, -0.2) is 57.3 Å². The molecule has 0 bridgehead atoms. The molecule has 2 aromatic heterocycles. The summed E-state index contributed by atoms with van der Waals surface area (Å²) in [5.74, 6) is 0.712. The lowest BCUT2D eigenvalue weighted by Crippen LogP contribution is -2.52. The van der Waals surface area contributed by atoms with Crippen LogP contribution < -0.4 is 4.74 Å². The lowest BCUT2D eigenvalue weighted by atomic mass is 9.83. The largest absolute Gasteiger partial charge is 0.473 e. The average molecular weight is 449 g/mol. The number of likely N-dealkylation sites (tertiary alicyclic amines) is 1. The van der Waals surface area contributed by atoms with Crippen molar-refractivity contribution < 1.29 is 18.8 Å². The van der Waals surface area contributed by atoms with Crippen molar-refractivity contribution in [3.05, 3.63) is 60.7 Å². The SMILES string of the molecule is O=C(CCc1conc1-c1ccccc1)N1CCC2(CC1)CC(Oc1cnccn1)CCO2. The Balaban J connectivity index is 1.13. The molecule has 0 N–H and O–H groups in total. The van der Waals surface area contributed by atoms with Gasteiger partial charge in [-0.05, 0) is 19.3 Å². The predicted molar refractivity (Wildman–Crippen MR) is 120 cm³/mol. The van der Waals surface area contributed by atoms with Crippen LogP contribution >= 0.6 is 0 Å². The van der Waals surface area contributed by atoms with Gasteiger partial charge in [-0.3, -0.25) is 9.78 Å². The molecule has 8 nitrogen and oxygen atoms in total. The van der Waals surface area contributed by atoms with E-state index in [1.165, 1.54) is 0 Å². The third-order valence-corrected chi connectivity index (χ3v) is 6.60. The molecule has 33 heavy (non-hydrogen) atoms. The van der Waals surface area contributed by atoms with Gasteiger partial charge in [-0.2, -0.15) is 0 Å². The van der Waals surface area contributed by atoms with Crippen LogP contribution in [0.1, 0.15) is 37.7 Å². The third-order valence-electron chi connectivity index (χ3n) is 6.60. The lowest BCUT2D eigenvalue weighted by Gasteiger charge is -2.45. The van der Waals surface area contributed by atoms with Crippen LogP contribution in [0.3, 0.4) is 0 Å². The van der Waals surface area contributed by atoms with E-state index in [-0.39, 0.29) is 17.6 Å². The molecule has 2 saturated heterocycles. The van der Waals surface area contributed by atoms with Gasteiger partial charge in [0.05, 0.1) is 18.4 Å². The Labute approximate surface area is 192 Å². The maximum Gasteiger partial charge on any atom is 0.232 e. The highest BCUT2D eigenvalue weighted by molar-refractivity contribution is 5.77. The van der Waals surface area contributed by atoms with Gasteiger partial charge in [0.25, 0.3) is 0 Å². The first-order valence-electron chi connectivity index (χ1n) is 11.5. The molecule has 1 spiro atoms. The van der Waals surface area contributed by atoms with E-state index in [4.69, 9.17) is 14.0 Å². The van der Waals surface area contributed by atoms with E-state index in [2.05, 4.69) is 15.1 Å². The summed E-state index contributed by atoms with van der Waals surface area (Å²) in [6.07, 6.45) is 11.0. The fourth-order valence-corrected chi connectivity index (χ4v) is 4.78. The van der Waals surface area contributed by atoms with Crippen LogP contribution in [0.5, 0.6) is 5.88 Å². The second kappa shape index (κ2) is 9.70. The highest BCUT2D eigenvalue weighted by atomic mass is 16.5. The second-order valence-corrected chi connectivity index (χ2v) is 8.74. The molecule has 2 aliphatic rings. The summed E-state index contributed by atoms with van der Waals surface area (Å²) in [6.45, 7) is 2.06. The molecule has 1 atom stereocenters. The Bertz CT molecular complexity index is 1050. The van der Waals surface area contributed by atoms with Crippen LogP contribution in [0, 0.1) is 0 Å². The van der Waals surface area contributed by atoms with Gasteiger partial charge in [0.1, 0.15) is 18.1 Å². The van der Waals surface area contributed by atoms with Gasteiger partial charge < -0.3 is 18.9 Å². The summed E-state index contributed by atoms with van der Waals surface area (Å²) in [4.78, 5) is 23.2. The van der Waals surface area contributed by atoms with E-state index >= 15 is 0 Å². The van der Waals surface area contributed by atoms with Crippen molar-refractivity contribution in [2.24, 2.45) is 0 Å². The molecule has 2 fully saturated rings. The molecule has 4 heterocycles. The number of amides is 1. The predicted octanol–water partition coefficient (Wildman–Crippen LogP) is 3.68. The average Bonchev–Trinajstić information content (AvgIpc) is 3.33. The maximum absolute atomic E-state index is 12.9. The monoisotopic (exact) mass is 448 g/mol. The zero-order valence-corrected chi connectivity index (χ0v) is 18.6. The van der Waals surface area contributed by atoms with Gasteiger partial charge in [0, 0.05) is 55.9 Å². The molecule has 1 amide bonds. The van der Waals surface area contributed by atoms with Crippen LogP contribution in [0.15, 0.2) is 59.7 Å². The number of carbonyl (C=O) groups is 1. The third kappa shape index (κ3) is 5.06. The minimum absolute atomic E-state index is 0.0581. The smallest absolute Gasteiger partial charge is 0.232 e. The highest BCUT2D eigenvalue weighted by Crippen LogP contribution is 2.36.